The first-order chi connectivity index (χ1) is 9.90. The molecule has 1 aromatic carbocycles. The van der Waals surface area contributed by atoms with Gasteiger partial charge in [0.15, 0.2) is 0 Å². The molecule has 0 unspecified atom stereocenters. The third kappa shape index (κ3) is 3.77. The van der Waals surface area contributed by atoms with E-state index in [1.807, 2.05) is 13.8 Å². The molecule has 0 saturated carbocycles. The highest BCUT2D eigenvalue weighted by Gasteiger charge is 2.33. The number of halogens is 1. The third-order valence-electron chi connectivity index (χ3n) is 3.90. The second-order valence-electron chi connectivity index (χ2n) is 4.89. The van der Waals surface area contributed by atoms with E-state index in [4.69, 9.17) is 4.74 Å². The number of ether oxygens (including phenoxy) is 1. The zero-order chi connectivity index (χ0) is 16.0. The van der Waals surface area contributed by atoms with Gasteiger partial charge < -0.3 is 4.74 Å². The second-order valence-corrected chi connectivity index (χ2v) is 4.89. The number of esters is 1. The molecular weight excluding hydrogens is 277 g/mol. The van der Waals surface area contributed by atoms with E-state index in [0.717, 1.165) is 6.07 Å². The monoisotopic (exact) mass is 297 g/mol. The summed E-state index contributed by atoms with van der Waals surface area (Å²) in [5.41, 5.74) is -0.554. The molecule has 0 heterocycles. The summed E-state index contributed by atoms with van der Waals surface area (Å²) in [5, 5.41) is 10.9. The predicted octanol–water partition coefficient (Wildman–Crippen LogP) is 3.74. The van der Waals surface area contributed by atoms with Crippen molar-refractivity contribution in [2.75, 3.05) is 6.61 Å². The second kappa shape index (κ2) is 7.15. The van der Waals surface area contributed by atoms with Gasteiger partial charge in [0.2, 0.25) is 5.82 Å². The fourth-order valence-electron chi connectivity index (χ4n) is 2.48. The molecule has 6 heteroatoms. The Morgan fingerprint density at radius 1 is 1.33 bits per heavy atom. The number of hydrogen-bond acceptors (Lipinski definition) is 4. The van der Waals surface area contributed by atoms with Gasteiger partial charge in [0, 0.05) is 11.5 Å². The summed E-state index contributed by atoms with van der Waals surface area (Å²) in [6.45, 7) is 5.81. The zero-order valence-corrected chi connectivity index (χ0v) is 12.5. The topological polar surface area (TPSA) is 69.4 Å². The van der Waals surface area contributed by atoms with Crippen LogP contribution in [0.15, 0.2) is 18.2 Å². The quantitative estimate of drug-likeness (QED) is 0.436. The molecule has 21 heavy (non-hydrogen) atoms. The van der Waals surface area contributed by atoms with Crippen LogP contribution in [0, 0.1) is 15.9 Å². The summed E-state index contributed by atoms with van der Waals surface area (Å²) < 4.78 is 18.4. The van der Waals surface area contributed by atoms with Gasteiger partial charge >= 0.3 is 11.7 Å². The lowest BCUT2D eigenvalue weighted by Crippen LogP contribution is -2.29. The van der Waals surface area contributed by atoms with E-state index in [1.54, 1.807) is 6.92 Å². The van der Waals surface area contributed by atoms with Gasteiger partial charge in [0.25, 0.3) is 0 Å². The van der Waals surface area contributed by atoms with Gasteiger partial charge in [-0.15, -0.1) is 0 Å². The van der Waals surface area contributed by atoms with Crippen LogP contribution in [0.3, 0.4) is 0 Å². The summed E-state index contributed by atoms with van der Waals surface area (Å²) in [7, 11) is 0. The van der Waals surface area contributed by atoms with Crippen LogP contribution in [-0.2, 0) is 14.9 Å². The Hall–Kier alpha value is -1.98. The van der Waals surface area contributed by atoms with Crippen LogP contribution in [0.1, 0.15) is 45.6 Å². The minimum absolute atomic E-state index is 0.122. The van der Waals surface area contributed by atoms with E-state index < -0.39 is 21.8 Å². The summed E-state index contributed by atoms with van der Waals surface area (Å²) >= 11 is 0. The largest absolute Gasteiger partial charge is 0.466 e. The minimum atomic E-state index is -0.874. The average Bonchev–Trinajstić information content (AvgIpc) is 2.45. The Balaban J connectivity index is 3.24. The molecule has 0 atom stereocenters. The number of hydrogen-bond donors (Lipinski definition) is 0. The summed E-state index contributed by atoms with van der Waals surface area (Å²) in [4.78, 5) is 21.9. The van der Waals surface area contributed by atoms with Crippen molar-refractivity contribution < 1.29 is 18.8 Å². The maximum absolute atomic E-state index is 13.5. The molecular formula is C15H20FNO4. The smallest absolute Gasteiger partial charge is 0.306 e. The van der Waals surface area contributed by atoms with E-state index in [-0.39, 0.29) is 19.0 Å². The van der Waals surface area contributed by atoms with Crippen molar-refractivity contribution in [3.05, 3.63) is 39.7 Å². The molecule has 5 nitrogen and oxygen atoms in total. The maximum Gasteiger partial charge on any atom is 0.306 e. The molecule has 0 aliphatic rings. The van der Waals surface area contributed by atoms with Crippen LogP contribution in [0.25, 0.3) is 0 Å². The average molecular weight is 297 g/mol. The van der Waals surface area contributed by atoms with Crippen LogP contribution < -0.4 is 0 Å². The van der Waals surface area contributed by atoms with Crippen molar-refractivity contribution in [3.8, 4) is 0 Å². The summed E-state index contributed by atoms with van der Waals surface area (Å²) in [6.07, 6.45) is 1.33. The number of nitro benzene ring substituents is 1. The van der Waals surface area contributed by atoms with Crippen molar-refractivity contribution in [3.63, 3.8) is 0 Å². The number of carbonyl (C=O) groups excluding carboxylic acids is 1. The Bertz CT molecular complexity index is 526. The fraction of sp³-hybridized carbons (Fsp3) is 0.533. The molecule has 0 spiro atoms. The fourth-order valence-corrected chi connectivity index (χ4v) is 2.48. The molecule has 0 aliphatic heterocycles. The van der Waals surface area contributed by atoms with E-state index >= 15 is 0 Å². The number of benzene rings is 1. The summed E-state index contributed by atoms with van der Waals surface area (Å²) in [5.74, 6) is -1.23. The van der Waals surface area contributed by atoms with Crippen molar-refractivity contribution in [1.29, 1.82) is 0 Å². The van der Waals surface area contributed by atoms with Crippen molar-refractivity contribution in [1.82, 2.24) is 0 Å². The van der Waals surface area contributed by atoms with Gasteiger partial charge in [0.05, 0.1) is 18.0 Å². The SMILES string of the molecule is CCOC(=O)CC(CC)(CC)c1ccc(F)c([N+](=O)[O-])c1. The normalized spacial score (nSPS) is 11.2. The first-order valence-corrected chi connectivity index (χ1v) is 7.00. The van der Waals surface area contributed by atoms with E-state index in [1.165, 1.54) is 12.1 Å². The Morgan fingerprint density at radius 2 is 1.95 bits per heavy atom. The van der Waals surface area contributed by atoms with E-state index in [2.05, 4.69) is 0 Å². The highest BCUT2D eigenvalue weighted by atomic mass is 19.1. The zero-order valence-electron chi connectivity index (χ0n) is 12.5. The predicted molar refractivity (Wildman–Crippen MR) is 76.6 cm³/mol. The van der Waals surface area contributed by atoms with Crippen molar-refractivity contribution in [2.45, 2.75) is 45.4 Å². The van der Waals surface area contributed by atoms with Gasteiger partial charge in [-0.3, -0.25) is 14.9 Å². The lowest BCUT2D eigenvalue weighted by molar-refractivity contribution is -0.387. The molecule has 1 aromatic rings. The molecule has 0 aromatic heterocycles. The number of nitro groups is 1. The highest BCUT2D eigenvalue weighted by Crippen LogP contribution is 2.37. The van der Waals surface area contributed by atoms with E-state index in [0.29, 0.717) is 18.4 Å². The molecule has 0 bridgehead atoms. The number of nitrogens with zero attached hydrogens (tertiary/aromatic N) is 1. The molecule has 0 saturated heterocycles. The van der Waals surface area contributed by atoms with Gasteiger partial charge in [-0.1, -0.05) is 19.9 Å². The van der Waals surface area contributed by atoms with Crippen LogP contribution in [-0.4, -0.2) is 17.5 Å². The van der Waals surface area contributed by atoms with E-state index in [9.17, 15) is 19.3 Å². The molecule has 1 rings (SSSR count). The van der Waals surface area contributed by atoms with Crippen LogP contribution >= 0.6 is 0 Å². The first-order valence-electron chi connectivity index (χ1n) is 7.00. The van der Waals surface area contributed by atoms with Gasteiger partial charge in [-0.25, -0.2) is 0 Å². The Labute approximate surface area is 123 Å². The molecule has 116 valence electrons. The maximum atomic E-state index is 13.5. The van der Waals surface area contributed by atoms with Crippen LogP contribution in [0.4, 0.5) is 10.1 Å². The Morgan fingerprint density at radius 3 is 2.43 bits per heavy atom. The Kier molecular flexibility index (Phi) is 5.81. The number of rotatable bonds is 7. The lowest BCUT2D eigenvalue weighted by Gasteiger charge is -2.31. The highest BCUT2D eigenvalue weighted by molar-refractivity contribution is 5.71. The molecule has 0 amide bonds. The number of carbonyl (C=O) groups is 1. The third-order valence-corrected chi connectivity index (χ3v) is 3.90. The van der Waals surface area contributed by atoms with Crippen molar-refractivity contribution >= 4 is 11.7 Å². The van der Waals surface area contributed by atoms with Crippen molar-refractivity contribution in [2.24, 2.45) is 0 Å². The van der Waals surface area contributed by atoms with Crippen LogP contribution in [0.2, 0.25) is 0 Å². The lowest BCUT2D eigenvalue weighted by atomic mass is 9.73. The van der Waals surface area contributed by atoms with Crippen LogP contribution in [0.5, 0.6) is 0 Å². The first kappa shape index (κ1) is 17.1. The van der Waals surface area contributed by atoms with Gasteiger partial charge in [-0.05, 0) is 31.4 Å². The summed E-state index contributed by atoms with van der Waals surface area (Å²) in [6, 6.07) is 3.81. The standard InChI is InChI=1S/C15H20FNO4/c1-4-15(5-2,10-14(18)21-6-3)11-7-8-12(16)13(9-11)17(19)20/h7-9H,4-6,10H2,1-3H3. The molecule has 0 N–H and O–H groups in total. The molecule has 0 radical (unpaired) electrons. The molecule has 0 fully saturated rings. The minimum Gasteiger partial charge on any atom is -0.466 e. The van der Waals surface area contributed by atoms with Gasteiger partial charge in [-0.2, -0.15) is 4.39 Å². The van der Waals surface area contributed by atoms with Gasteiger partial charge in [0.1, 0.15) is 0 Å². The molecule has 0 aliphatic carbocycles.